The number of nitrogens with one attached hydrogen (secondary N) is 1. The molecule has 1 heterocycles. The van der Waals surface area contributed by atoms with Crippen molar-refractivity contribution in [3.05, 3.63) is 69.1 Å². The number of hydrogen-bond donors (Lipinski definition) is 1. The first-order valence-corrected chi connectivity index (χ1v) is 8.60. The number of rotatable bonds is 3. The molecule has 0 unspecified atom stereocenters. The van der Waals surface area contributed by atoms with Crippen molar-refractivity contribution >= 4 is 34.0 Å². The van der Waals surface area contributed by atoms with Crippen molar-refractivity contribution in [2.24, 2.45) is 0 Å². The molecule has 25 heavy (non-hydrogen) atoms. The van der Waals surface area contributed by atoms with Crippen LogP contribution in [-0.4, -0.2) is 10.9 Å². The molecule has 0 radical (unpaired) electrons. The van der Waals surface area contributed by atoms with E-state index in [1.54, 1.807) is 0 Å². The first-order valence-electron chi connectivity index (χ1n) is 7.34. The number of hydrogen-bond acceptors (Lipinski definition) is 3. The molecule has 1 N–H and O–H groups in total. The summed E-state index contributed by atoms with van der Waals surface area (Å²) in [6, 6.07) is 7.55. The molecule has 0 saturated carbocycles. The highest BCUT2D eigenvalue weighted by Gasteiger charge is 2.17. The Kier molecular flexibility index (Phi) is 4.83. The Morgan fingerprint density at radius 2 is 1.88 bits per heavy atom. The number of aryl methyl sites for hydroxylation is 2. The number of aromatic nitrogens is 1. The molecule has 0 fully saturated rings. The Labute approximate surface area is 152 Å². The molecular formula is C18H13ClF2N2OS. The zero-order chi connectivity index (χ0) is 18.1. The van der Waals surface area contributed by atoms with Crippen molar-refractivity contribution in [2.75, 3.05) is 5.32 Å². The van der Waals surface area contributed by atoms with E-state index in [1.165, 1.54) is 11.3 Å². The monoisotopic (exact) mass is 378 g/mol. The molecule has 0 aliphatic carbocycles. The lowest BCUT2D eigenvalue weighted by Gasteiger charge is -2.05. The van der Waals surface area contributed by atoms with E-state index in [4.69, 9.17) is 11.6 Å². The van der Waals surface area contributed by atoms with Crippen LogP contribution in [0.1, 0.15) is 21.5 Å². The van der Waals surface area contributed by atoms with Gasteiger partial charge in [-0.05, 0) is 31.5 Å². The number of amides is 1. The van der Waals surface area contributed by atoms with Gasteiger partial charge in [0, 0.05) is 10.9 Å². The van der Waals surface area contributed by atoms with Crippen LogP contribution in [0.15, 0.2) is 35.7 Å². The van der Waals surface area contributed by atoms with E-state index in [1.807, 2.05) is 37.4 Å². The van der Waals surface area contributed by atoms with Crippen LogP contribution in [0.5, 0.6) is 0 Å². The number of halogens is 3. The minimum atomic E-state index is -1.13. The van der Waals surface area contributed by atoms with Gasteiger partial charge < -0.3 is 0 Å². The molecule has 0 atom stereocenters. The maximum atomic E-state index is 13.3. The quantitative estimate of drug-likeness (QED) is 0.602. The minimum absolute atomic E-state index is 0.149. The third-order valence-electron chi connectivity index (χ3n) is 3.64. The fourth-order valence-electron chi connectivity index (χ4n) is 2.42. The summed E-state index contributed by atoms with van der Waals surface area (Å²) in [5, 5.41) is 4.56. The zero-order valence-corrected chi connectivity index (χ0v) is 14.9. The molecule has 3 aromatic rings. The molecular weight excluding hydrogens is 366 g/mol. The minimum Gasteiger partial charge on any atom is -0.298 e. The smallest absolute Gasteiger partial charge is 0.259 e. The predicted molar refractivity (Wildman–Crippen MR) is 96.3 cm³/mol. The number of carbonyl (C=O) groups is 1. The average Bonchev–Trinajstić information content (AvgIpc) is 2.99. The van der Waals surface area contributed by atoms with E-state index < -0.39 is 17.5 Å². The van der Waals surface area contributed by atoms with E-state index in [2.05, 4.69) is 10.3 Å². The molecule has 128 valence electrons. The average molecular weight is 379 g/mol. The maximum absolute atomic E-state index is 13.3. The lowest BCUT2D eigenvalue weighted by molar-refractivity contribution is 0.102. The maximum Gasteiger partial charge on any atom is 0.259 e. The van der Waals surface area contributed by atoms with Gasteiger partial charge in [-0.3, -0.25) is 10.1 Å². The number of carbonyl (C=O) groups excluding carboxylic acids is 1. The van der Waals surface area contributed by atoms with Crippen molar-refractivity contribution < 1.29 is 13.6 Å². The van der Waals surface area contributed by atoms with Crippen LogP contribution in [0.25, 0.3) is 11.3 Å². The fourth-order valence-corrected chi connectivity index (χ4v) is 3.36. The Morgan fingerprint density at radius 3 is 2.60 bits per heavy atom. The molecule has 2 aromatic carbocycles. The third-order valence-corrected chi connectivity index (χ3v) is 4.71. The zero-order valence-electron chi connectivity index (χ0n) is 13.4. The molecule has 0 aliphatic heterocycles. The Bertz CT molecular complexity index is 972. The van der Waals surface area contributed by atoms with Crippen molar-refractivity contribution in [3.63, 3.8) is 0 Å². The highest BCUT2D eigenvalue weighted by Crippen LogP contribution is 2.29. The molecule has 0 bridgehead atoms. The molecule has 1 amide bonds. The van der Waals surface area contributed by atoms with Gasteiger partial charge in [-0.15, -0.1) is 11.3 Å². The highest BCUT2D eigenvalue weighted by molar-refractivity contribution is 7.14. The summed E-state index contributed by atoms with van der Waals surface area (Å²) in [5.41, 5.74) is 3.77. The van der Waals surface area contributed by atoms with Gasteiger partial charge in [0.15, 0.2) is 16.8 Å². The first-order chi connectivity index (χ1) is 11.8. The van der Waals surface area contributed by atoms with Gasteiger partial charge in [0.05, 0.1) is 16.3 Å². The van der Waals surface area contributed by atoms with Crippen LogP contribution in [0, 0.1) is 25.5 Å². The molecule has 3 nitrogen and oxygen atoms in total. The van der Waals surface area contributed by atoms with E-state index in [-0.39, 0.29) is 10.6 Å². The SMILES string of the molecule is Cc1ccc(-c2csc(NC(=O)c3cc(F)c(F)cc3Cl)n2)c(C)c1. The first kappa shape index (κ1) is 17.5. The van der Waals surface area contributed by atoms with Gasteiger partial charge in [0.1, 0.15) is 0 Å². The summed E-state index contributed by atoms with van der Waals surface area (Å²) >= 11 is 7.05. The second-order valence-corrected chi connectivity index (χ2v) is 6.82. The van der Waals surface area contributed by atoms with E-state index in [0.717, 1.165) is 34.5 Å². The van der Waals surface area contributed by atoms with Crippen molar-refractivity contribution in [1.82, 2.24) is 4.98 Å². The summed E-state index contributed by atoms with van der Waals surface area (Å²) in [6.45, 7) is 4.00. The lowest BCUT2D eigenvalue weighted by Crippen LogP contribution is -2.13. The van der Waals surface area contributed by atoms with Crippen LogP contribution < -0.4 is 5.32 Å². The Hall–Kier alpha value is -2.31. The molecule has 3 rings (SSSR count). The molecule has 1 aromatic heterocycles. The summed E-state index contributed by atoms with van der Waals surface area (Å²) in [6.07, 6.45) is 0. The number of anilines is 1. The predicted octanol–water partition coefficient (Wildman–Crippen LogP) is 5.61. The highest BCUT2D eigenvalue weighted by atomic mass is 35.5. The van der Waals surface area contributed by atoms with Crippen molar-refractivity contribution in [3.8, 4) is 11.3 Å². The van der Waals surface area contributed by atoms with Gasteiger partial charge in [-0.1, -0.05) is 35.4 Å². The second kappa shape index (κ2) is 6.90. The van der Waals surface area contributed by atoms with Crippen molar-refractivity contribution in [2.45, 2.75) is 13.8 Å². The van der Waals surface area contributed by atoms with Crippen molar-refractivity contribution in [1.29, 1.82) is 0 Å². The van der Waals surface area contributed by atoms with Crippen LogP contribution in [0.3, 0.4) is 0 Å². The fraction of sp³-hybridized carbons (Fsp3) is 0.111. The summed E-state index contributed by atoms with van der Waals surface area (Å²) in [7, 11) is 0. The second-order valence-electron chi connectivity index (χ2n) is 5.56. The van der Waals surface area contributed by atoms with Crippen LogP contribution in [-0.2, 0) is 0 Å². The molecule has 0 saturated heterocycles. The molecule has 7 heteroatoms. The van der Waals surface area contributed by atoms with Crippen LogP contribution >= 0.6 is 22.9 Å². The number of thiazole rings is 1. The van der Waals surface area contributed by atoms with Crippen LogP contribution in [0.4, 0.5) is 13.9 Å². The topological polar surface area (TPSA) is 42.0 Å². The van der Waals surface area contributed by atoms with Gasteiger partial charge in [-0.25, -0.2) is 13.8 Å². The summed E-state index contributed by atoms with van der Waals surface area (Å²) in [5.74, 6) is -2.89. The van der Waals surface area contributed by atoms with E-state index in [0.29, 0.717) is 5.13 Å². The lowest BCUT2D eigenvalue weighted by atomic mass is 10.0. The number of benzene rings is 2. The van der Waals surface area contributed by atoms with Gasteiger partial charge >= 0.3 is 0 Å². The van der Waals surface area contributed by atoms with Crippen LogP contribution in [0.2, 0.25) is 5.02 Å². The standard InChI is InChI=1S/C18H13ClF2N2OS/c1-9-3-4-11(10(2)5-9)16-8-25-18(22-16)23-17(24)12-6-14(20)15(21)7-13(12)19/h3-8H,1-2H3,(H,22,23,24). The van der Waals surface area contributed by atoms with E-state index in [9.17, 15) is 13.6 Å². The Morgan fingerprint density at radius 1 is 1.16 bits per heavy atom. The normalized spacial score (nSPS) is 10.8. The van der Waals surface area contributed by atoms with Gasteiger partial charge in [-0.2, -0.15) is 0 Å². The summed E-state index contributed by atoms with van der Waals surface area (Å²) < 4.78 is 26.4. The molecule has 0 aliphatic rings. The summed E-state index contributed by atoms with van der Waals surface area (Å²) in [4.78, 5) is 16.6. The van der Waals surface area contributed by atoms with Gasteiger partial charge in [0.2, 0.25) is 0 Å². The molecule has 0 spiro atoms. The third kappa shape index (κ3) is 3.70. The largest absolute Gasteiger partial charge is 0.298 e. The number of nitrogens with zero attached hydrogens (tertiary/aromatic N) is 1. The Balaban J connectivity index is 1.84. The van der Waals surface area contributed by atoms with E-state index >= 15 is 0 Å². The van der Waals surface area contributed by atoms with Gasteiger partial charge in [0.25, 0.3) is 5.91 Å².